The molecule has 0 aromatic rings. The highest BCUT2D eigenvalue weighted by Gasteiger charge is 2.27. The molecule has 1 saturated carbocycles. The molecule has 1 aliphatic rings. The molecule has 2 unspecified atom stereocenters. The fourth-order valence-corrected chi connectivity index (χ4v) is 1.57. The van der Waals surface area contributed by atoms with Crippen LogP contribution in [0.1, 0.15) is 19.3 Å². The standard InChI is InChI=1S/C8H15FN2O/c9-3-4-11-8(12)6-1-2-7(10)5-6/h6-7H,1-5,10H2,(H,11,12). The van der Waals surface area contributed by atoms with E-state index in [0.717, 1.165) is 19.3 Å². The van der Waals surface area contributed by atoms with E-state index >= 15 is 0 Å². The van der Waals surface area contributed by atoms with Crippen LogP contribution in [-0.4, -0.2) is 25.2 Å². The summed E-state index contributed by atoms with van der Waals surface area (Å²) in [6.45, 7) is -0.366. The summed E-state index contributed by atoms with van der Waals surface area (Å²) in [4.78, 5) is 11.2. The number of alkyl halides is 1. The Balaban J connectivity index is 2.23. The van der Waals surface area contributed by atoms with Gasteiger partial charge in [0.15, 0.2) is 0 Å². The van der Waals surface area contributed by atoms with Gasteiger partial charge in [-0.3, -0.25) is 4.79 Å². The van der Waals surface area contributed by atoms with Crippen LogP contribution in [0.5, 0.6) is 0 Å². The second-order valence-corrected chi connectivity index (χ2v) is 3.25. The topological polar surface area (TPSA) is 55.1 Å². The summed E-state index contributed by atoms with van der Waals surface area (Å²) in [5.74, 6) is -0.0212. The van der Waals surface area contributed by atoms with E-state index in [0.29, 0.717) is 0 Å². The first-order valence-electron chi connectivity index (χ1n) is 4.33. The van der Waals surface area contributed by atoms with Crippen LogP contribution in [0.2, 0.25) is 0 Å². The smallest absolute Gasteiger partial charge is 0.223 e. The Bertz CT molecular complexity index is 163. The van der Waals surface area contributed by atoms with Gasteiger partial charge in [0.25, 0.3) is 0 Å². The maximum Gasteiger partial charge on any atom is 0.223 e. The molecule has 0 aromatic carbocycles. The van der Waals surface area contributed by atoms with Crippen molar-refractivity contribution in [2.45, 2.75) is 25.3 Å². The molecular weight excluding hydrogens is 159 g/mol. The minimum absolute atomic E-state index is 0.0200. The Morgan fingerprint density at radius 3 is 2.83 bits per heavy atom. The molecule has 0 aliphatic heterocycles. The summed E-state index contributed by atoms with van der Waals surface area (Å²) >= 11 is 0. The van der Waals surface area contributed by atoms with Gasteiger partial charge in [0.1, 0.15) is 6.67 Å². The fraction of sp³-hybridized carbons (Fsp3) is 0.875. The van der Waals surface area contributed by atoms with E-state index < -0.39 is 6.67 Å². The molecule has 0 bridgehead atoms. The predicted molar refractivity (Wildman–Crippen MR) is 44.3 cm³/mol. The Labute approximate surface area is 71.5 Å². The Hall–Kier alpha value is -0.640. The van der Waals surface area contributed by atoms with Gasteiger partial charge in [-0.1, -0.05) is 0 Å². The summed E-state index contributed by atoms with van der Waals surface area (Å²) in [6, 6.07) is 0.158. The molecule has 3 nitrogen and oxygen atoms in total. The van der Waals surface area contributed by atoms with Crippen LogP contribution in [0.15, 0.2) is 0 Å². The Kier molecular flexibility index (Phi) is 3.47. The van der Waals surface area contributed by atoms with Gasteiger partial charge in [0.2, 0.25) is 5.91 Å². The molecule has 1 fully saturated rings. The lowest BCUT2D eigenvalue weighted by Gasteiger charge is -2.08. The number of rotatable bonds is 3. The van der Waals surface area contributed by atoms with Crippen LogP contribution in [0.25, 0.3) is 0 Å². The van der Waals surface area contributed by atoms with Crippen LogP contribution in [0.4, 0.5) is 4.39 Å². The average molecular weight is 174 g/mol. The normalized spacial score (nSPS) is 28.8. The number of hydrogen-bond donors (Lipinski definition) is 2. The molecular formula is C8H15FN2O. The summed E-state index contributed by atoms with van der Waals surface area (Å²) in [5, 5.41) is 2.53. The highest BCUT2D eigenvalue weighted by molar-refractivity contribution is 5.78. The van der Waals surface area contributed by atoms with Gasteiger partial charge < -0.3 is 11.1 Å². The first kappa shape index (κ1) is 9.45. The molecule has 3 N–H and O–H groups in total. The largest absolute Gasteiger partial charge is 0.353 e. The van der Waals surface area contributed by atoms with Crippen molar-refractivity contribution in [3.8, 4) is 0 Å². The van der Waals surface area contributed by atoms with Crippen molar-refractivity contribution < 1.29 is 9.18 Å². The third-order valence-corrected chi connectivity index (χ3v) is 2.24. The fourth-order valence-electron chi connectivity index (χ4n) is 1.57. The lowest BCUT2D eigenvalue weighted by atomic mass is 10.1. The van der Waals surface area contributed by atoms with Gasteiger partial charge in [0.05, 0.1) is 0 Å². The number of nitrogens with two attached hydrogens (primary N) is 1. The second kappa shape index (κ2) is 4.40. The quantitative estimate of drug-likeness (QED) is 0.642. The number of amides is 1. The maximum atomic E-state index is 11.7. The summed E-state index contributed by atoms with van der Waals surface area (Å²) in [7, 11) is 0. The van der Waals surface area contributed by atoms with E-state index in [1.807, 2.05) is 0 Å². The molecule has 1 aliphatic carbocycles. The summed E-state index contributed by atoms with van der Waals surface area (Å²) < 4.78 is 11.7. The molecule has 2 atom stereocenters. The maximum absolute atomic E-state index is 11.7. The SMILES string of the molecule is NC1CCC(C(=O)NCCF)C1. The van der Waals surface area contributed by atoms with Gasteiger partial charge >= 0.3 is 0 Å². The molecule has 0 radical (unpaired) electrons. The van der Waals surface area contributed by atoms with E-state index in [1.54, 1.807) is 0 Å². The van der Waals surface area contributed by atoms with Gasteiger partial charge in [0, 0.05) is 18.5 Å². The van der Waals surface area contributed by atoms with Crippen molar-refractivity contribution in [1.82, 2.24) is 5.32 Å². The lowest BCUT2D eigenvalue weighted by Crippen LogP contribution is -2.31. The van der Waals surface area contributed by atoms with Crippen molar-refractivity contribution in [3.05, 3.63) is 0 Å². The van der Waals surface area contributed by atoms with Crippen LogP contribution in [0, 0.1) is 5.92 Å². The number of halogens is 1. The van der Waals surface area contributed by atoms with Gasteiger partial charge in [-0.05, 0) is 19.3 Å². The monoisotopic (exact) mass is 174 g/mol. The van der Waals surface area contributed by atoms with E-state index in [2.05, 4.69) is 5.32 Å². The van der Waals surface area contributed by atoms with Crippen LogP contribution in [-0.2, 0) is 4.79 Å². The Morgan fingerprint density at radius 1 is 1.58 bits per heavy atom. The van der Waals surface area contributed by atoms with Crippen molar-refractivity contribution in [2.75, 3.05) is 13.2 Å². The zero-order valence-corrected chi connectivity index (χ0v) is 7.05. The van der Waals surface area contributed by atoms with Crippen molar-refractivity contribution in [2.24, 2.45) is 11.7 Å². The number of carbonyl (C=O) groups is 1. The second-order valence-electron chi connectivity index (χ2n) is 3.25. The Morgan fingerprint density at radius 2 is 2.33 bits per heavy atom. The summed E-state index contributed by atoms with van der Waals surface area (Å²) in [5.41, 5.74) is 5.64. The van der Waals surface area contributed by atoms with Gasteiger partial charge in [-0.15, -0.1) is 0 Å². The lowest BCUT2D eigenvalue weighted by molar-refractivity contribution is -0.124. The van der Waals surface area contributed by atoms with Crippen molar-refractivity contribution in [1.29, 1.82) is 0 Å². The minimum atomic E-state index is -0.496. The number of carbonyl (C=O) groups excluding carboxylic acids is 1. The zero-order chi connectivity index (χ0) is 8.97. The molecule has 1 rings (SSSR count). The van der Waals surface area contributed by atoms with E-state index in [4.69, 9.17) is 5.73 Å². The van der Waals surface area contributed by atoms with E-state index in [9.17, 15) is 9.18 Å². The molecule has 0 spiro atoms. The highest BCUT2D eigenvalue weighted by atomic mass is 19.1. The first-order valence-corrected chi connectivity index (χ1v) is 4.33. The number of nitrogens with one attached hydrogen (secondary N) is 1. The zero-order valence-electron chi connectivity index (χ0n) is 7.05. The van der Waals surface area contributed by atoms with Crippen molar-refractivity contribution in [3.63, 3.8) is 0 Å². The molecule has 70 valence electrons. The highest BCUT2D eigenvalue weighted by Crippen LogP contribution is 2.23. The van der Waals surface area contributed by atoms with Crippen molar-refractivity contribution >= 4 is 5.91 Å². The molecule has 4 heteroatoms. The third-order valence-electron chi connectivity index (χ3n) is 2.24. The molecule has 1 amide bonds. The predicted octanol–water partition coefficient (Wildman–Crippen LogP) is 0.199. The van der Waals surface area contributed by atoms with Crippen LogP contribution in [0.3, 0.4) is 0 Å². The molecule has 12 heavy (non-hydrogen) atoms. The summed E-state index contributed by atoms with van der Waals surface area (Å²) in [6.07, 6.45) is 2.51. The molecule has 0 aromatic heterocycles. The van der Waals surface area contributed by atoms with Crippen LogP contribution < -0.4 is 11.1 Å². The van der Waals surface area contributed by atoms with E-state index in [-0.39, 0.29) is 24.4 Å². The third kappa shape index (κ3) is 2.44. The van der Waals surface area contributed by atoms with Gasteiger partial charge in [-0.2, -0.15) is 0 Å². The van der Waals surface area contributed by atoms with Crippen LogP contribution >= 0.6 is 0 Å². The number of hydrogen-bond acceptors (Lipinski definition) is 2. The minimum Gasteiger partial charge on any atom is -0.353 e. The molecule has 0 heterocycles. The first-order chi connectivity index (χ1) is 5.74. The average Bonchev–Trinajstić information content (AvgIpc) is 2.47. The van der Waals surface area contributed by atoms with Gasteiger partial charge in [-0.25, -0.2) is 4.39 Å². The van der Waals surface area contributed by atoms with E-state index in [1.165, 1.54) is 0 Å². The molecule has 0 saturated heterocycles.